The first kappa shape index (κ1) is 22.8. The van der Waals surface area contributed by atoms with Gasteiger partial charge in [0.05, 0.1) is 11.3 Å². The van der Waals surface area contributed by atoms with Crippen molar-refractivity contribution in [3.63, 3.8) is 0 Å². The number of amides is 2. The minimum atomic E-state index is -0.580. The van der Waals surface area contributed by atoms with Gasteiger partial charge in [-0.1, -0.05) is 54.2 Å². The van der Waals surface area contributed by atoms with Gasteiger partial charge < -0.3 is 14.8 Å². The first-order valence-electron chi connectivity index (χ1n) is 11.1. The standard InChI is InChI=1S/C26H22FN5O2S/c1-31-24(18-8-6-9-19(15-18)28-25(34)20-10-3-4-11-21(20)27)29-30-26(31)35-16-23(33)32-14-13-17-7-2-5-12-22(17)32/h2-12,15H,13-14,16H2,1H3,(H,28,34). The average molecular weight is 488 g/mol. The van der Waals surface area contributed by atoms with Gasteiger partial charge in [-0.2, -0.15) is 0 Å². The third kappa shape index (κ3) is 4.67. The minimum absolute atomic E-state index is 0.0273. The van der Waals surface area contributed by atoms with Crippen molar-refractivity contribution in [3.05, 3.63) is 89.7 Å². The van der Waals surface area contributed by atoms with Crippen LogP contribution in [0.5, 0.6) is 0 Å². The highest BCUT2D eigenvalue weighted by Gasteiger charge is 2.24. The third-order valence-electron chi connectivity index (χ3n) is 5.84. The highest BCUT2D eigenvalue weighted by Crippen LogP contribution is 2.29. The Morgan fingerprint density at radius 3 is 2.69 bits per heavy atom. The zero-order valence-corrected chi connectivity index (χ0v) is 19.8. The summed E-state index contributed by atoms with van der Waals surface area (Å²) < 4.78 is 15.7. The van der Waals surface area contributed by atoms with E-state index >= 15 is 0 Å². The predicted molar refractivity (Wildman–Crippen MR) is 134 cm³/mol. The molecule has 0 fully saturated rings. The summed E-state index contributed by atoms with van der Waals surface area (Å²) in [6.07, 6.45) is 0.866. The van der Waals surface area contributed by atoms with Gasteiger partial charge in [0.1, 0.15) is 5.82 Å². The van der Waals surface area contributed by atoms with Crippen LogP contribution in [0, 0.1) is 5.82 Å². The van der Waals surface area contributed by atoms with E-state index in [1.807, 2.05) is 40.8 Å². The molecule has 3 aromatic carbocycles. The number of rotatable bonds is 6. The van der Waals surface area contributed by atoms with Crippen molar-refractivity contribution < 1.29 is 14.0 Å². The van der Waals surface area contributed by atoms with E-state index in [1.165, 1.54) is 35.5 Å². The molecule has 7 nitrogen and oxygen atoms in total. The number of carbonyl (C=O) groups is 2. The smallest absolute Gasteiger partial charge is 0.258 e. The first-order valence-corrected chi connectivity index (χ1v) is 12.1. The second-order valence-electron chi connectivity index (χ2n) is 8.09. The lowest BCUT2D eigenvalue weighted by atomic mass is 10.1. The molecule has 0 atom stereocenters. The highest BCUT2D eigenvalue weighted by atomic mass is 32.2. The molecule has 5 rings (SSSR count). The molecule has 0 bridgehead atoms. The predicted octanol–water partition coefficient (Wildman–Crippen LogP) is 4.55. The zero-order chi connectivity index (χ0) is 24.4. The van der Waals surface area contributed by atoms with Gasteiger partial charge >= 0.3 is 0 Å². The first-order chi connectivity index (χ1) is 17.0. The molecule has 2 amide bonds. The van der Waals surface area contributed by atoms with E-state index in [4.69, 9.17) is 0 Å². The summed E-state index contributed by atoms with van der Waals surface area (Å²) in [7, 11) is 1.83. The lowest BCUT2D eigenvalue weighted by Gasteiger charge is -2.16. The van der Waals surface area contributed by atoms with Crippen molar-refractivity contribution in [2.45, 2.75) is 11.6 Å². The Morgan fingerprint density at radius 1 is 1.03 bits per heavy atom. The number of thioether (sulfide) groups is 1. The summed E-state index contributed by atoms with van der Waals surface area (Å²) in [5, 5.41) is 11.9. The molecule has 0 saturated carbocycles. The third-order valence-corrected chi connectivity index (χ3v) is 6.85. The Kier molecular flexibility index (Phi) is 6.33. The number of nitrogens with one attached hydrogen (secondary N) is 1. The molecule has 1 N–H and O–H groups in total. The Morgan fingerprint density at radius 2 is 1.83 bits per heavy atom. The summed E-state index contributed by atoms with van der Waals surface area (Å²) in [6, 6.07) is 20.9. The maximum Gasteiger partial charge on any atom is 0.258 e. The van der Waals surface area contributed by atoms with E-state index < -0.39 is 11.7 Å². The fourth-order valence-electron chi connectivity index (χ4n) is 4.07. The summed E-state index contributed by atoms with van der Waals surface area (Å²) in [4.78, 5) is 27.1. The van der Waals surface area contributed by atoms with E-state index in [-0.39, 0.29) is 17.2 Å². The average Bonchev–Trinajstić information content (AvgIpc) is 3.46. The van der Waals surface area contributed by atoms with Crippen LogP contribution in [-0.2, 0) is 18.3 Å². The van der Waals surface area contributed by atoms with Gasteiger partial charge in [0, 0.05) is 30.5 Å². The number of fused-ring (bicyclic) bond motifs is 1. The normalized spacial score (nSPS) is 12.5. The summed E-state index contributed by atoms with van der Waals surface area (Å²) in [6.45, 7) is 0.689. The number of hydrogen-bond donors (Lipinski definition) is 1. The summed E-state index contributed by atoms with van der Waals surface area (Å²) in [5.41, 5.74) is 3.38. The van der Waals surface area contributed by atoms with Crippen LogP contribution in [-0.4, -0.2) is 38.9 Å². The van der Waals surface area contributed by atoms with Gasteiger partial charge in [0.15, 0.2) is 11.0 Å². The number of aromatic nitrogens is 3. The van der Waals surface area contributed by atoms with Crippen molar-refractivity contribution in [1.29, 1.82) is 0 Å². The molecule has 0 spiro atoms. The number of benzene rings is 3. The molecule has 0 radical (unpaired) electrons. The Balaban J connectivity index is 1.27. The van der Waals surface area contributed by atoms with Gasteiger partial charge in [0.25, 0.3) is 5.91 Å². The van der Waals surface area contributed by atoms with Crippen molar-refractivity contribution >= 4 is 35.0 Å². The van der Waals surface area contributed by atoms with E-state index in [0.29, 0.717) is 23.2 Å². The van der Waals surface area contributed by atoms with Crippen molar-refractivity contribution in [1.82, 2.24) is 14.8 Å². The van der Waals surface area contributed by atoms with Gasteiger partial charge in [-0.3, -0.25) is 9.59 Å². The van der Waals surface area contributed by atoms with Crippen LogP contribution in [0.2, 0.25) is 0 Å². The molecule has 0 saturated heterocycles. The van der Waals surface area contributed by atoms with Crippen LogP contribution in [0.3, 0.4) is 0 Å². The molecule has 0 unspecified atom stereocenters. The van der Waals surface area contributed by atoms with E-state index in [9.17, 15) is 14.0 Å². The van der Waals surface area contributed by atoms with E-state index in [2.05, 4.69) is 21.6 Å². The molecule has 1 aromatic heterocycles. The van der Waals surface area contributed by atoms with E-state index in [1.54, 1.807) is 24.3 Å². The molecule has 2 heterocycles. The van der Waals surface area contributed by atoms with Crippen LogP contribution in [0.4, 0.5) is 15.8 Å². The molecule has 4 aromatic rings. The quantitative estimate of drug-likeness (QED) is 0.404. The number of anilines is 2. The van der Waals surface area contributed by atoms with E-state index in [0.717, 1.165) is 17.7 Å². The lowest BCUT2D eigenvalue weighted by Crippen LogP contribution is -2.30. The van der Waals surface area contributed by atoms with Gasteiger partial charge in [-0.25, -0.2) is 4.39 Å². The van der Waals surface area contributed by atoms with Crippen molar-refractivity contribution in [2.75, 3.05) is 22.5 Å². The van der Waals surface area contributed by atoms with Crippen LogP contribution in [0.25, 0.3) is 11.4 Å². The fourth-order valence-corrected chi connectivity index (χ4v) is 4.86. The number of para-hydroxylation sites is 1. The van der Waals surface area contributed by atoms with Gasteiger partial charge in [0.2, 0.25) is 5.91 Å². The number of halogens is 1. The zero-order valence-electron chi connectivity index (χ0n) is 18.9. The molecule has 0 aliphatic carbocycles. The van der Waals surface area contributed by atoms with Crippen LogP contribution in [0.15, 0.2) is 78.0 Å². The largest absolute Gasteiger partial charge is 0.322 e. The SMILES string of the molecule is Cn1c(SCC(=O)N2CCc3ccccc32)nnc1-c1cccc(NC(=O)c2ccccc2F)c1. The Bertz CT molecular complexity index is 1420. The minimum Gasteiger partial charge on any atom is -0.322 e. The maximum atomic E-state index is 13.9. The molecule has 176 valence electrons. The fraction of sp³-hybridized carbons (Fsp3) is 0.154. The van der Waals surface area contributed by atoms with Crippen molar-refractivity contribution in [2.24, 2.45) is 7.05 Å². The number of nitrogens with zero attached hydrogens (tertiary/aromatic N) is 4. The van der Waals surface area contributed by atoms with Crippen LogP contribution in [0.1, 0.15) is 15.9 Å². The molecule has 9 heteroatoms. The number of hydrogen-bond acceptors (Lipinski definition) is 5. The van der Waals surface area contributed by atoms with Crippen LogP contribution < -0.4 is 10.2 Å². The molecular weight excluding hydrogens is 465 g/mol. The molecule has 1 aliphatic heterocycles. The molecular formula is C26H22FN5O2S. The van der Waals surface area contributed by atoms with Gasteiger partial charge in [-0.05, 0) is 42.3 Å². The second kappa shape index (κ2) is 9.71. The van der Waals surface area contributed by atoms with Crippen LogP contribution >= 0.6 is 11.8 Å². The summed E-state index contributed by atoms with van der Waals surface area (Å²) in [5.74, 6) is -0.241. The topological polar surface area (TPSA) is 80.1 Å². The summed E-state index contributed by atoms with van der Waals surface area (Å²) >= 11 is 1.33. The van der Waals surface area contributed by atoms with Gasteiger partial charge in [-0.15, -0.1) is 10.2 Å². The second-order valence-corrected chi connectivity index (χ2v) is 9.04. The Labute approximate surface area is 206 Å². The highest BCUT2D eigenvalue weighted by molar-refractivity contribution is 7.99. The lowest BCUT2D eigenvalue weighted by molar-refractivity contribution is -0.116. The Hall–Kier alpha value is -3.98. The molecule has 35 heavy (non-hydrogen) atoms. The number of carbonyl (C=O) groups excluding carboxylic acids is 2. The van der Waals surface area contributed by atoms with Crippen molar-refractivity contribution in [3.8, 4) is 11.4 Å². The maximum absolute atomic E-state index is 13.9. The monoisotopic (exact) mass is 487 g/mol. The molecule has 1 aliphatic rings.